The minimum absolute atomic E-state index is 0.0361. The fourth-order valence-corrected chi connectivity index (χ4v) is 3.90. The summed E-state index contributed by atoms with van der Waals surface area (Å²) in [5.74, 6) is -1.25. The molecule has 0 unspecified atom stereocenters. The van der Waals surface area contributed by atoms with Gasteiger partial charge in [0.05, 0.1) is 24.6 Å². The van der Waals surface area contributed by atoms with E-state index < -0.39 is 23.3 Å². The zero-order valence-corrected chi connectivity index (χ0v) is 16.6. The molecule has 28 heavy (non-hydrogen) atoms. The van der Waals surface area contributed by atoms with Crippen LogP contribution in [0.5, 0.6) is 0 Å². The third-order valence-corrected chi connectivity index (χ3v) is 5.83. The molecule has 0 amide bonds. The van der Waals surface area contributed by atoms with Gasteiger partial charge in [0.2, 0.25) is 5.78 Å². The molecule has 12 heteroatoms. The number of ether oxygens (including phenoxy) is 1. The number of nitro groups is 1. The number of ketones is 1. The highest BCUT2D eigenvalue weighted by atomic mass is 35.5. The summed E-state index contributed by atoms with van der Waals surface area (Å²) in [6.07, 6.45) is 1.47. The van der Waals surface area contributed by atoms with Crippen LogP contribution in [0.2, 0.25) is 4.34 Å². The Bertz CT molecular complexity index is 1060. The van der Waals surface area contributed by atoms with Gasteiger partial charge >= 0.3 is 5.97 Å². The average molecular weight is 439 g/mol. The number of carbonyl (C=O) groups is 2. The molecular formula is C16H11ClN4O5S2. The highest BCUT2D eigenvalue weighted by Gasteiger charge is 2.21. The van der Waals surface area contributed by atoms with Crippen molar-refractivity contribution in [3.63, 3.8) is 0 Å². The molecule has 0 bridgehead atoms. The summed E-state index contributed by atoms with van der Waals surface area (Å²) >= 11 is 7.89. The minimum atomic E-state index is -0.839. The van der Waals surface area contributed by atoms with E-state index in [0.717, 1.165) is 29.2 Å². The summed E-state index contributed by atoms with van der Waals surface area (Å²) < 4.78 is 7.03. The van der Waals surface area contributed by atoms with Gasteiger partial charge in [-0.15, -0.1) is 21.5 Å². The Morgan fingerprint density at radius 2 is 2.14 bits per heavy atom. The Kier molecular flexibility index (Phi) is 6.07. The van der Waals surface area contributed by atoms with E-state index in [-0.39, 0.29) is 11.3 Å². The minimum Gasteiger partial charge on any atom is -0.454 e. The van der Waals surface area contributed by atoms with Gasteiger partial charge in [0, 0.05) is 13.1 Å². The van der Waals surface area contributed by atoms with Crippen molar-refractivity contribution in [1.29, 1.82) is 0 Å². The number of Topliss-reactive ketones (excluding diaryl/α,β-unsaturated/α-hetero) is 1. The number of nitro benzene ring substituents is 1. The summed E-state index contributed by atoms with van der Waals surface area (Å²) in [5.41, 5.74) is -0.315. The van der Waals surface area contributed by atoms with E-state index >= 15 is 0 Å². The number of aromatic nitrogens is 3. The molecule has 0 atom stereocenters. The van der Waals surface area contributed by atoms with Crippen molar-refractivity contribution in [1.82, 2.24) is 14.8 Å². The Hall–Kier alpha value is -2.76. The van der Waals surface area contributed by atoms with E-state index in [9.17, 15) is 19.7 Å². The van der Waals surface area contributed by atoms with Crippen LogP contribution in [0, 0.1) is 10.1 Å². The molecule has 2 aromatic heterocycles. The molecule has 0 radical (unpaired) electrons. The molecule has 0 N–H and O–H groups in total. The van der Waals surface area contributed by atoms with Gasteiger partial charge < -0.3 is 9.30 Å². The van der Waals surface area contributed by atoms with Gasteiger partial charge in [-0.05, 0) is 36.0 Å². The highest BCUT2D eigenvalue weighted by Crippen LogP contribution is 2.34. The van der Waals surface area contributed by atoms with Gasteiger partial charge in [-0.1, -0.05) is 11.6 Å². The van der Waals surface area contributed by atoms with E-state index in [1.807, 2.05) is 0 Å². The first-order valence-electron chi connectivity index (χ1n) is 7.61. The van der Waals surface area contributed by atoms with Crippen LogP contribution in [0.3, 0.4) is 0 Å². The van der Waals surface area contributed by atoms with Gasteiger partial charge in [0.1, 0.15) is 6.33 Å². The lowest BCUT2D eigenvalue weighted by atomic mass is 10.2. The summed E-state index contributed by atoms with van der Waals surface area (Å²) in [7, 11) is 1.71. The number of halogens is 1. The lowest BCUT2D eigenvalue weighted by molar-refractivity contribution is -0.387. The Morgan fingerprint density at radius 3 is 2.75 bits per heavy atom. The largest absolute Gasteiger partial charge is 0.454 e. The van der Waals surface area contributed by atoms with Gasteiger partial charge in [0.15, 0.2) is 11.8 Å². The highest BCUT2D eigenvalue weighted by molar-refractivity contribution is 7.99. The molecule has 1 aromatic carbocycles. The van der Waals surface area contributed by atoms with E-state index in [2.05, 4.69) is 10.2 Å². The van der Waals surface area contributed by atoms with Crippen LogP contribution >= 0.6 is 34.7 Å². The molecule has 0 saturated heterocycles. The molecule has 2 heterocycles. The van der Waals surface area contributed by atoms with Crippen LogP contribution in [0.4, 0.5) is 5.69 Å². The SMILES string of the molecule is Cn1cnnc1Sc1ccc(C(=O)OCC(=O)c2ccc(Cl)s2)cc1[N+](=O)[O-]. The molecule has 0 spiro atoms. The molecule has 0 saturated carbocycles. The van der Waals surface area contributed by atoms with Crippen LogP contribution in [0.15, 0.2) is 46.7 Å². The van der Waals surface area contributed by atoms with Crippen molar-refractivity contribution in [2.45, 2.75) is 10.1 Å². The average Bonchev–Trinajstić information content (AvgIpc) is 3.28. The number of hydrogen-bond acceptors (Lipinski definition) is 9. The predicted molar refractivity (Wildman–Crippen MR) is 102 cm³/mol. The predicted octanol–water partition coefficient (Wildman–Crippen LogP) is 3.63. The van der Waals surface area contributed by atoms with Gasteiger partial charge in [-0.2, -0.15) is 0 Å². The number of nitrogens with zero attached hydrogens (tertiary/aromatic N) is 4. The van der Waals surface area contributed by atoms with Crippen molar-refractivity contribution in [3.05, 3.63) is 61.6 Å². The molecule has 0 aliphatic carbocycles. The fourth-order valence-electron chi connectivity index (χ4n) is 2.09. The summed E-state index contributed by atoms with van der Waals surface area (Å²) in [4.78, 5) is 35.6. The van der Waals surface area contributed by atoms with E-state index in [0.29, 0.717) is 19.3 Å². The quantitative estimate of drug-likeness (QED) is 0.237. The second kappa shape index (κ2) is 8.50. The van der Waals surface area contributed by atoms with E-state index in [1.165, 1.54) is 24.5 Å². The van der Waals surface area contributed by atoms with Crippen molar-refractivity contribution < 1.29 is 19.2 Å². The third-order valence-electron chi connectivity index (χ3n) is 3.44. The van der Waals surface area contributed by atoms with Crippen molar-refractivity contribution in [3.8, 4) is 0 Å². The molecular weight excluding hydrogens is 428 g/mol. The van der Waals surface area contributed by atoms with Crippen LogP contribution in [-0.4, -0.2) is 38.0 Å². The fraction of sp³-hybridized carbons (Fsp3) is 0.125. The summed E-state index contributed by atoms with van der Waals surface area (Å²) in [5, 5.41) is 19.4. The van der Waals surface area contributed by atoms with Crippen LogP contribution < -0.4 is 0 Å². The Balaban J connectivity index is 1.73. The Morgan fingerprint density at radius 1 is 1.36 bits per heavy atom. The normalized spacial score (nSPS) is 10.6. The first kappa shape index (κ1) is 20.0. The van der Waals surface area contributed by atoms with Crippen LogP contribution in [0.1, 0.15) is 20.0 Å². The third kappa shape index (κ3) is 4.55. The molecule has 0 fully saturated rings. The number of esters is 1. The molecule has 0 aliphatic rings. The maximum atomic E-state index is 12.2. The smallest absolute Gasteiger partial charge is 0.338 e. The van der Waals surface area contributed by atoms with Crippen molar-refractivity contribution in [2.24, 2.45) is 7.05 Å². The summed E-state index contributed by atoms with van der Waals surface area (Å²) in [6, 6.07) is 7.02. The lowest BCUT2D eigenvalue weighted by Crippen LogP contribution is -2.13. The van der Waals surface area contributed by atoms with Crippen molar-refractivity contribution in [2.75, 3.05) is 6.61 Å². The number of aryl methyl sites for hydroxylation is 1. The number of rotatable bonds is 7. The number of thiophene rings is 1. The van der Waals surface area contributed by atoms with Gasteiger partial charge in [-0.25, -0.2) is 4.79 Å². The number of hydrogen-bond donors (Lipinski definition) is 0. The molecule has 9 nitrogen and oxygen atoms in total. The number of benzene rings is 1. The molecule has 0 aliphatic heterocycles. The topological polar surface area (TPSA) is 117 Å². The monoisotopic (exact) mass is 438 g/mol. The summed E-state index contributed by atoms with van der Waals surface area (Å²) in [6.45, 7) is -0.487. The zero-order chi connectivity index (χ0) is 20.3. The Labute approximate surface area is 171 Å². The standard InChI is InChI=1S/C16H11ClN4O5S2/c1-20-8-18-19-16(20)28-12-3-2-9(6-10(12)21(24)25)15(23)26-7-11(22)13-4-5-14(17)27-13/h2-6,8H,7H2,1H3. The molecule has 144 valence electrons. The van der Waals surface area contributed by atoms with Crippen LogP contribution in [0.25, 0.3) is 0 Å². The zero-order valence-electron chi connectivity index (χ0n) is 14.2. The van der Waals surface area contributed by atoms with Gasteiger partial charge in [-0.3, -0.25) is 14.9 Å². The molecule has 3 rings (SSSR count). The second-order valence-electron chi connectivity index (χ2n) is 5.37. The first-order chi connectivity index (χ1) is 13.3. The van der Waals surface area contributed by atoms with E-state index in [1.54, 1.807) is 17.7 Å². The first-order valence-corrected chi connectivity index (χ1v) is 9.62. The van der Waals surface area contributed by atoms with Gasteiger partial charge in [0.25, 0.3) is 5.69 Å². The maximum absolute atomic E-state index is 12.2. The lowest BCUT2D eigenvalue weighted by Gasteiger charge is -2.06. The molecule has 3 aromatic rings. The maximum Gasteiger partial charge on any atom is 0.338 e. The second-order valence-corrected chi connectivity index (χ2v) is 8.09. The van der Waals surface area contributed by atoms with Crippen LogP contribution in [-0.2, 0) is 11.8 Å². The van der Waals surface area contributed by atoms with E-state index in [4.69, 9.17) is 16.3 Å². The van der Waals surface area contributed by atoms with Crippen molar-refractivity contribution >= 4 is 52.1 Å². The number of carbonyl (C=O) groups excluding carboxylic acids is 2.